The Kier molecular flexibility index (Phi) is 4.49. The van der Waals surface area contributed by atoms with Crippen LogP contribution in [0.2, 0.25) is 10.0 Å². The Morgan fingerprint density at radius 3 is 2.22 bits per heavy atom. The van der Waals surface area contributed by atoms with Gasteiger partial charge in [-0.1, -0.05) is 61.1 Å². The van der Waals surface area contributed by atoms with E-state index in [0.717, 1.165) is 8.95 Å². The molecule has 5 heteroatoms. The summed E-state index contributed by atoms with van der Waals surface area (Å²) < 4.78 is 1.64. The highest BCUT2D eigenvalue weighted by atomic mass is 79.9. The number of carbonyl (C=O) groups is 1. The van der Waals surface area contributed by atoms with Gasteiger partial charge in [0.25, 0.3) is 0 Å². The van der Waals surface area contributed by atoms with Crippen molar-refractivity contribution >= 4 is 60.8 Å². The number of carbonyl (C=O) groups excluding carboxylic acids is 1. The lowest BCUT2D eigenvalue weighted by Gasteiger charge is -2.06. The Hall–Kier alpha value is -0.350. The molecule has 0 heterocycles. The summed E-state index contributed by atoms with van der Waals surface area (Å²) in [4.78, 5) is 12.3. The van der Waals surface area contributed by atoms with Crippen molar-refractivity contribution in [2.75, 3.05) is 0 Å². The summed E-state index contributed by atoms with van der Waals surface area (Å²) in [5.74, 6) is -0.162. The first kappa shape index (κ1) is 14.1. The molecule has 0 N–H and O–H groups in total. The Labute approximate surface area is 131 Å². The molecule has 0 aliphatic rings. The van der Waals surface area contributed by atoms with E-state index < -0.39 is 0 Å². The monoisotopic (exact) mass is 406 g/mol. The molecule has 2 aromatic rings. The number of hydrogen-bond acceptors (Lipinski definition) is 1. The summed E-state index contributed by atoms with van der Waals surface area (Å²) in [5.41, 5.74) is 0.939. The molecular formula is C13H6Br2Cl2O. The van der Waals surface area contributed by atoms with E-state index in [1.807, 2.05) is 6.07 Å². The van der Waals surface area contributed by atoms with Crippen molar-refractivity contribution in [3.63, 3.8) is 0 Å². The first-order valence-electron chi connectivity index (χ1n) is 4.94. The normalized spacial score (nSPS) is 10.4. The standard InChI is InChI=1S/C13H6Br2Cl2O/c14-8-4-7(5-9(15)6-8)13(18)10-2-1-3-11(16)12(10)17/h1-6H. The van der Waals surface area contributed by atoms with Crippen LogP contribution in [-0.2, 0) is 0 Å². The van der Waals surface area contributed by atoms with E-state index in [1.54, 1.807) is 30.3 Å². The first-order valence-corrected chi connectivity index (χ1v) is 7.28. The molecular weight excluding hydrogens is 403 g/mol. The van der Waals surface area contributed by atoms with Crippen molar-refractivity contribution < 1.29 is 4.79 Å². The fraction of sp³-hybridized carbons (Fsp3) is 0. The zero-order valence-electron chi connectivity index (χ0n) is 8.88. The topological polar surface area (TPSA) is 17.1 Å². The molecule has 0 radical (unpaired) electrons. The van der Waals surface area contributed by atoms with Crippen LogP contribution in [-0.4, -0.2) is 5.78 Å². The molecule has 0 aliphatic heterocycles. The van der Waals surface area contributed by atoms with Gasteiger partial charge in [0.15, 0.2) is 5.78 Å². The lowest BCUT2D eigenvalue weighted by atomic mass is 10.0. The van der Waals surface area contributed by atoms with E-state index in [-0.39, 0.29) is 10.8 Å². The summed E-state index contributed by atoms with van der Waals surface area (Å²) >= 11 is 18.6. The van der Waals surface area contributed by atoms with Gasteiger partial charge in [-0.15, -0.1) is 0 Å². The summed E-state index contributed by atoms with van der Waals surface area (Å²) in [6.45, 7) is 0. The van der Waals surface area contributed by atoms with Crippen molar-refractivity contribution in [1.82, 2.24) is 0 Å². The molecule has 0 aromatic heterocycles. The number of rotatable bonds is 2. The third-order valence-electron chi connectivity index (χ3n) is 2.32. The molecule has 18 heavy (non-hydrogen) atoms. The van der Waals surface area contributed by atoms with Crippen molar-refractivity contribution in [3.05, 3.63) is 66.5 Å². The molecule has 0 amide bonds. The highest BCUT2D eigenvalue weighted by Gasteiger charge is 2.15. The zero-order valence-corrected chi connectivity index (χ0v) is 13.6. The molecule has 0 saturated carbocycles. The van der Waals surface area contributed by atoms with E-state index >= 15 is 0 Å². The van der Waals surface area contributed by atoms with Crippen molar-refractivity contribution in [3.8, 4) is 0 Å². The molecule has 0 unspecified atom stereocenters. The van der Waals surface area contributed by atoms with Crippen LogP contribution in [0.1, 0.15) is 15.9 Å². The second kappa shape index (κ2) is 5.74. The van der Waals surface area contributed by atoms with Crippen LogP contribution < -0.4 is 0 Å². The maximum absolute atomic E-state index is 12.3. The maximum atomic E-state index is 12.3. The van der Waals surface area contributed by atoms with Gasteiger partial charge in [0.1, 0.15) is 0 Å². The van der Waals surface area contributed by atoms with Crippen LogP contribution >= 0.6 is 55.1 Å². The minimum absolute atomic E-state index is 0.162. The second-order valence-corrected chi connectivity index (χ2v) is 6.21. The summed E-state index contributed by atoms with van der Waals surface area (Å²) in [6.07, 6.45) is 0. The molecule has 0 saturated heterocycles. The average molecular weight is 409 g/mol. The largest absolute Gasteiger partial charge is 0.289 e. The fourth-order valence-corrected chi connectivity index (χ4v) is 3.20. The van der Waals surface area contributed by atoms with Crippen molar-refractivity contribution in [2.45, 2.75) is 0 Å². The molecule has 0 atom stereocenters. The number of benzene rings is 2. The van der Waals surface area contributed by atoms with E-state index in [0.29, 0.717) is 16.1 Å². The Bertz CT molecular complexity index is 606. The predicted octanol–water partition coefficient (Wildman–Crippen LogP) is 5.75. The Morgan fingerprint density at radius 1 is 1.00 bits per heavy atom. The molecule has 0 spiro atoms. The smallest absolute Gasteiger partial charge is 0.194 e. The van der Waals surface area contributed by atoms with Crippen LogP contribution in [0.4, 0.5) is 0 Å². The first-order chi connectivity index (χ1) is 8.49. The lowest BCUT2D eigenvalue weighted by molar-refractivity contribution is 0.103. The number of hydrogen-bond donors (Lipinski definition) is 0. The number of halogens is 4. The van der Waals surface area contributed by atoms with Gasteiger partial charge < -0.3 is 0 Å². The quantitative estimate of drug-likeness (QED) is 0.578. The SMILES string of the molecule is O=C(c1cc(Br)cc(Br)c1)c1cccc(Cl)c1Cl. The van der Waals surface area contributed by atoms with Gasteiger partial charge in [0.05, 0.1) is 10.0 Å². The zero-order chi connectivity index (χ0) is 13.3. The van der Waals surface area contributed by atoms with Crippen LogP contribution in [0.25, 0.3) is 0 Å². The highest BCUT2D eigenvalue weighted by Crippen LogP contribution is 2.29. The average Bonchev–Trinajstić information content (AvgIpc) is 2.30. The summed E-state index contributed by atoms with van der Waals surface area (Å²) in [5, 5.41) is 0.650. The van der Waals surface area contributed by atoms with Crippen molar-refractivity contribution in [1.29, 1.82) is 0 Å². The molecule has 0 bridgehead atoms. The minimum Gasteiger partial charge on any atom is -0.289 e. The molecule has 0 fully saturated rings. The fourth-order valence-electron chi connectivity index (χ4n) is 1.52. The highest BCUT2D eigenvalue weighted by molar-refractivity contribution is 9.11. The van der Waals surface area contributed by atoms with Crippen LogP contribution in [0.3, 0.4) is 0 Å². The van der Waals surface area contributed by atoms with Gasteiger partial charge in [-0.3, -0.25) is 4.79 Å². The molecule has 1 nitrogen and oxygen atoms in total. The van der Waals surface area contributed by atoms with Gasteiger partial charge >= 0.3 is 0 Å². The summed E-state index contributed by atoms with van der Waals surface area (Å²) in [7, 11) is 0. The maximum Gasteiger partial charge on any atom is 0.194 e. The molecule has 0 aliphatic carbocycles. The predicted molar refractivity (Wildman–Crippen MR) is 81.7 cm³/mol. The van der Waals surface area contributed by atoms with Crippen molar-refractivity contribution in [2.24, 2.45) is 0 Å². The van der Waals surface area contributed by atoms with Crippen LogP contribution in [0.5, 0.6) is 0 Å². The van der Waals surface area contributed by atoms with Gasteiger partial charge in [-0.05, 0) is 30.3 Å². The van der Waals surface area contributed by atoms with Crippen LogP contribution in [0.15, 0.2) is 45.3 Å². The van der Waals surface area contributed by atoms with Crippen LogP contribution in [0, 0.1) is 0 Å². The minimum atomic E-state index is -0.162. The van der Waals surface area contributed by atoms with E-state index in [9.17, 15) is 4.79 Å². The lowest BCUT2D eigenvalue weighted by Crippen LogP contribution is -2.02. The van der Waals surface area contributed by atoms with Gasteiger partial charge in [0.2, 0.25) is 0 Å². The molecule has 92 valence electrons. The van der Waals surface area contributed by atoms with Gasteiger partial charge in [0, 0.05) is 20.1 Å². The van der Waals surface area contributed by atoms with E-state index in [1.165, 1.54) is 0 Å². The molecule has 2 aromatic carbocycles. The van der Waals surface area contributed by atoms with E-state index in [4.69, 9.17) is 23.2 Å². The summed E-state index contributed by atoms with van der Waals surface area (Å²) in [6, 6.07) is 10.3. The molecule has 2 rings (SSSR count). The second-order valence-electron chi connectivity index (χ2n) is 3.59. The third-order valence-corrected chi connectivity index (χ3v) is 4.06. The number of ketones is 1. The van der Waals surface area contributed by atoms with Gasteiger partial charge in [-0.25, -0.2) is 0 Å². The third kappa shape index (κ3) is 2.97. The Morgan fingerprint density at radius 2 is 1.61 bits per heavy atom. The Balaban J connectivity index is 2.51. The van der Waals surface area contributed by atoms with E-state index in [2.05, 4.69) is 31.9 Å². The van der Waals surface area contributed by atoms with Gasteiger partial charge in [-0.2, -0.15) is 0 Å².